The highest BCUT2D eigenvalue weighted by molar-refractivity contribution is 5.10. The molecule has 0 radical (unpaired) electrons. The first kappa shape index (κ1) is 10.7. The van der Waals surface area contributed by atoms with Crippen LogP contribution in [0.3, 0.4) is 0 Å². The lowest BCUT2D eigenvalue weighted by Gasteiger charge is -2.08. The summed E-state index contributed by atoms with van der Waals surface area (Å²) < 4.78 is 0. The van der Waals surface area contributed by atoms with Crippen molar-refractivity contribution in [2.75, 3.05) is 0 Å². The number of nitrogens with zero attached hydrogens (tertiary/aromatic N) is 3. The maximum Gasteiger partial charge on any atom is 0.0978 e. The Morgan fingerprint density at radius 3 is 2.56 bits per heavy atom. The smallest absolute Gasteiger partial charge is 0.0978 e. The molecule has 2 aromatic rings. The molecule has 1 atom stereocenters. The SMILES string of the molecule is OC(CCc1ccncc1)c1cnccn1. The van der Waals surface area contributed by atoms with Gasteiger partial charge in [-0.1, -0.05) is 0 Å². The van der Waals surface area contributed by atoms with E-state index in [4.69, 9.17) is 0 Å². The van der Waals surface area contributed by atoms with Crippen LogP contribution >= 0.6 is 0 Å². The predicted molar refractivity (Wildman–Crippen MR) is 59.5 cm³/mol. The van der Waals surface area contributed by atoms with Gasteiger partial charge in [0.1, 0.15) is 0 Å². The molecule has 0 fully saturated rings. The van der Waals surface area contributed by atoms with Crippen LogP contribution in [-0.4, -0.2) is 20.1 Å². The van der Waals surface area contributed by atoms with E-state index in [0.717, 1.165) is 12.0 Å². The number of pyridine rings is 1. The fourth-order valence-corrected chi connectivity index (χ4v) is 1.48. The average molecular weight is 215 g/mol. The molecule has 82 valence electrons. The Bertz CT molecular complexity index is 419. The maximum atomic E-state index is 9.86. The second-order valence-electron chi connectivity index (χ2n) is 3.54. The van der Waals surface area contributed by atoms with Crippen molar-refractivity contribution in [3.05, 3.63) is 54.4 Å². The molecule has 2 rings (SSSR count). The van der Waals surface area contributed by atoms with Crippen molar-refractivity contribution in [1.82, 2.24) is 15.0 Å². The summed E-state index contributed by atoms with van der Waals surface area (Å²) in [6, 6.07) is 3.90. The molecule has 0 aromatic carbocycles. The molecular weight excluding hydrogens is 202 g/mol. The minimum Gasteiger partial charge on any atom is -0.387 e. The highest BCUT2D eigenvalue weighted by Crippen LogP contribution is 2.15. The topological polar surface area (TPSA) is 58.9 Å². The lowest BCUT2D eigenvalue weighted by molar-refractivity contribution is 0.162. The van der Waals surface area contributed by atoms with Gasteiger partial charge in [-0.05, 0) is 30.5 Å². The lowest BCUT2D eigenvalue weighted by atomic mass is 10.1. The van der Waals surface area contributed by atoms with Crippen molar-refractivity contribution in [3.8, 4) is 0 Å². The first-order valence-corrected chi connectivity index (χ1v) is 5.19. The van der Waals surface area contributed by atoms with Crippen LogP contribution in [0.1, 0.15) is 23.8 Å². The summed E-state index contributed by atoms with van der Waals surface area (Å²) in [7, 11) is 0. The molecule has 0 bridgehead atoms. The number of aliphatic hydroxyl groups is 1. The van der Waals surface area contributed by atoms with Crippen LogP contribution in [0.5, 0.6) is 0 Å². The quantitative estimate of drug-likeness (QED) is 0.840. The molecule has 0 saturated heterocycles. The van der Waals surface area contributed by atoms with E-state index in [1.807, 2.05) is 12.1 Å². The summed E-state index contributed by atoms with van der Waals surface area (Å²) in [5.41, 5.74) is 1.79. The Morgan fingerprint density at radius 1 is 1.06 bits per heavy atom. The van der Waals surface area contributed by atoms with Gasteiger partial charge in [-0.15, -0.1) is 0 Å². The van der Waals surface area contributed by atoms with E-state index in [1.54, 1.807) is 31.0 Å². The van der Waals surface area contributed by atoms with Gasteiger partial charge in [-0.2, -0.15) is 0 Å². The van der Waals surface area contributed by atoms with Crippen LogP contribution in [0.15, 0.2) is 43.1 Å². The molecule has 0 aliphatic carbocycles. The molecule has 0 amide bonds. The second-order valence-corrected chi connectivity index (χ2v) is 3.54. The largest absolute Gasteiger partial charge is 0.387 e. The summed E-state index contributed by atoms with van der Waals surface area (Å²) in [4.78, 5) is 11.9. The summed E-state index contributed by atoms with van der Waals surface area (Å²) in [5.74, 6) is 0. The third-order valence-electron chi connectivity index (χ3n) is 2.38. The van der Waals surface area contributed by atoms with Crippen LogP contribution in [0, 0.1) is 0 Å². The molecule has 1 unspecified atom stereocenters. The fourth-order valence-electron chi connectivity index (χ4n) is 1.48. The van der Waals surface area contributed by atoms with Gasteiger partial charge in [0.05, 0.1) is 18.0 Å². The lowest BCUT2D eigenvalue weighted by Crippen LogP contribution is -2.02. The van der Waals surface area contributed by atoms with E-state index in [9.17, 15) is 5.11 Å². The Labute approximate surface area is 94.0 Å². The number of aliphatic hydroxyl groups excluding tert-OH is 1. The van der Waals surface area contributed by atoms with Crippen molar-refractivity contribution >= 4 is 0 Å². The average Bonchev–Trinajstić information content (AvgIpc) is 2.38. The van der Waals surface area contributed by atoms with Crippen molar-refractivity contribution < 1.29 is 5.11 Å². The monoisotopic (exact) mass is 215 g/mol. The molecule has 2 aromatic heterocycles. The van der Waals surface area contributed by atoms with Gasteiger partial charge < -0.3 is 5.11 Å². The normalized spacial score (nSPS) is 12.3. The van der Waals surface area contributed by atoms with E-state index in [1.165, 1.54) is 0 Å². The van der Waals surface area contributed by atoms with Gasteiger partial charge in [0.15, 0.2) is 0 Å². The minimum atomic E-state index is -0.554. The molecule has 4 nitrogen and oxygen atoms in total. The van der Waals surface area contributed by atoms with Gasteiger partial charge >= 0.3 is 0 Å². The van der Waals surface area contributed by atoms with Crippen LogP contribution in [-0.2, 0) is 6.42 Å². The molecule has 0 saturated carbocycles. The van der Waals surface area contributed by atoms with Crippen molar-refractivity contribution in [2.45, 2.75) is 18.9 Å². The molecule has 16 heavy (non-hydrogen) atoms. The molecule has 0 spiro atoms. The Balaban J connectivity index is 1.92. The van der Waals surface area contributed by atoms with Gasteiger partial charge in [0.2, 0.25) is 0 Å². The predicted octanol–water partition coefficient (Wildman–Crippen LogP) is 1.54. The molecule has 2 heterocycles. The molecular formula is C12H13N3O. The minimum absolute atomic E-state index is 0.554. The highest BCUT2D eigenvalue weighted by atomic mass is 16.3. The van der Waals surface area contributed by atoms with E-state index in [2.05, 4.69) is 15.0 Å². The van der Waals surface area contributed by atoms with Crippen LogP contribution < -0.4 is 0 Å². The van der Waals surface area contributed by atoms with E-state index >= 15 is 0 Å². The van der Waals surface area contributed by atoms with Crippen molar-refractivity contribution in [1.29, 1.82) is 0 Å². The zero-order chi connectivity index (χ0) is 11.2. The highest BCUT2D eigenvalue weighted by Gasteiger charge is 2.08. The molecule has 0 aliphatic heterocycles. The number of aryl methyl sites for hydroxylation is 1. The Kier molecular flexibility index (Phi) is 3.56. The van der Waals surface area contributed by atoms with Crippen molar-refractivity contribution in [2.24, 2.45) is 0 Å². The standard InChI is InChI=1S/C12H13N3O/c16-12(11-9-14-7-8-15-11)2-1-10-3-5-13-6-4-10/h3-9,12,16H,1-2H2. The number of hydrogen-bond donors (Lipinski definition) is 1. The molecule has 1 N–H and O–H groups in total. The van der Waals surface area contributed by atoms with Gasteiger partial charge in [-0.25, -0.2) is 0 Å². The third-order valence-corrected chi connectivity index (χ3v) is 2.38. The maximum absolute atomic E-state index is 9.86. The number of aromatic nitrogens is 3. The first-order valence-electron chi connectivity index (χ1n) is 5.19. The van der Waals surface area contributed by atoms with Crippen LogP contribution in [0.4, 0.5) is 0 Å². The first-order chi connectivity index (χ1) is 7.86. The zero-order valence-corrected chi connectivity index (χ0v) is 8.82. The molecule has 4 heteroatoms. The van der Waals surface area contributed by atoms with Crippen LogP contribution in [0.25, 0.3) is 0 Å². The van der Waals surface area contributed by atoms with Gasteiger partial charge in [-0.3, -0.25) is 15.0 Å². The van der Waals surface area contributed by atoms with E-state index < -0.39 is 6.10 Å². The van der Waals surface area contributed by atoms with Gasteiger partial charge in [0.25, 0.3) is 0 Å². The summed E-state index contributed by atoms with van der Waals surface area (Å²) in [6.07, 6.45) is 9.18. The summed E-state index contributed by atoms with van der Waals surface area (Å²) in [6.45, 7) is 0. The van der Waals surface area contributed by atoms with Crippen molar-refractivity contribution in [3.63, 3.8) is 0 Å². The third kappa shape index (κ3) is 2.84. The summed E-state index contributed by atoms with van der Waals surface area (Å²) >= 11 is 0. The molecule has 0 aliphatic rings. The zero-order valence-electron chi connectivity index (χ0n) is 8.82. The Hall–Kier alpha value is -1.81. The second kappa shape index (κ2) is 5.32. The fraction of sp³-hybridized carbons (Fsp3) is 0.250. The summed E-state index contributed by atoms with van der Waals surface area (Å²) in [5, 5.41) is 9.86. The van der Waals surface area contributed by atoms with Gasteiger partial charge in [0, 0.05) is 24.8 Å². The van der Waals surface area contributed by atoms with Crippen LogP contribution in [0.2, 0.25) is 0 Å². The number of hydrogen-bond acceptors (Lipinski definition) is 4. The van der Waals surface area contributed by atoms with E-state index in [-0.39, 0.29) is 0 Å². The van der Waals surface area contributed by atoms with E-state index in [0.29, 0.717) is 12.1 Å². The Morgan fingerprint density at radius 2 is 1.88 bits per heavy atom. The number of rotatable bonds is 4.